The highest BCUT2D eigenvalue weighted by molar-refractivity contribution is 5.96. The number of benzene rings is 2. The van der Waals surface area contributed by atoms with Crippen molar-refractivity contribution < 1.29 is 9.53 Å². The molecule has 124 valence electrons. The monoisotopic (exact) mass is 334 g/mol. The van der Waals surface area contributed by atoms with Crippen LogP contribution in [0.1, 0.15) is 27.9 Å². The minimum Gasteiger partial charge on any atom is -0.497 e. The molecule has 1 amide bonds. The van der Waals surface area contributed by atoms with Crippen LogP contribution < -0.4 is 15.8 Å². The van der Waals surface area contributed by atoms with E-state index in [0.717, 1.165) is 24.2 Å². The van der Waals surface area contributed by atoms with Crippen LogP contribution in [-0.2, 0) is 6.42 Å². The molecule has 4 nitrogen and oxygen atoms in total. The van der Waals surface area contributed by atoms with Crippen LogP contribution in [0.4, 0.5) is 5.69 Å². The van der Waals surface area contributed by atoms with Crippen molar-refractivity contribution in [3.05, 3.63) is 59.2 Å². The molecule has 5 heteroatoms. The molecule has 3 N–H and O–H groups in total. The Balaban J connectivity index is 0.00000264. The topological polar surface area (TPSA) is 64.3 Å². The van der Waals surface area contributed by atoms with Crippen molar-refractivity contribution in [2.45, 2.75) is 19.8 Å². The fraction of sp³-hybridized carbons (Fsp3) is 0.278. The van der Waals surface area contributed by atoms with E-state index >= 15 is 0 Å². The summed E-state index contributed by atoms with van der Waals surface area (Å²) < 4.78 is 5.20. The molecular formula is C18H23ClN2O2. The molecule has 0 aliphatic carbocycles. The van der Waals surface area contributed by atoms with Gasteiger partial charge in [-0.15, -0.1) is 12.4 Å². The average Bonchev–Trinajstić information content (AvgIpc) is 2.54. The lowest BCUT2D eigenvalue weighted by molar-refractivity contribution is 0.0952. The van der Waals surface area contributed by atoms with Crippen LogP contribution in [-0.4, -0.2) is 19.6 Å². The Labute approximate surface area is 143 Å². The zero-order valence-electron chi connectivity index (χ0n) is 13.5. The maximum absolute atomic E-state index is 12.1. The van der Waals surface area contributed by atoms with Gasteiger partial charge in [0.05, 0.1) is 7.11 Å². The van der Waals surface area contributed by atoms with Gasteiger partial charge in [0.25, 0.3) is 5.91 Å². The summed E-state index contributed by atoms with van der Waals surface area (Å²) in [6.45, 7) is 2.54. The van der Waals surface area contributed by atoms with Gasteiger partial charge in [0.1, 0.15) is 5.75 Å². The van der Waals surface area contributed by atoms with Gasteiger partial charge in [0, 0.05) is 17.8 Å². The number of ether oxygens (including phenoxy) is 1. The molecule has 2 rings (SSSR count). The highest BCUT2D eigenvalue weighted by Gasteiger charge is 2.08. The van der Waals surface area contributed by atoms with Crippen molar-refractivity contribution in [1.29, 1.82) is 0 Å². The lowest BCUT2D eigenvalue weighted by Crippen LogP contribution is -2.25. The highest BCUT2D eigenvalue weighted by atomic mass is 35.5. The Kier molecular flexibility index (Phi) is 7.42. The molecule has 0 saturated heterocycles. The lowest BCUT2D eigenvalue weighted by atomic mass is 10.1. The molecule has 0 heterocycles. The van der Waals surface area contributed by atoms with E-state index < -0.39 is 0 Å². The maximum Gasteiger partial charge on any atom is 0.251 e. The first-order valence-electron chi connectivity index (χ1n) is 7.37. The van der Waals surface area contributed by atoms with E-state index in [9.17, 15) is 4.79 Å². The summed E-state index contributed by atoms with van der Waals surface area (Å²) in [5, 5.41) is 2.94. The molecular weight excluding hydrogens is 312 g/mol. The molecule has 0 fully saturated rings. The Bertz CT molecular complexity index is 659. The van der Waals surface area contributed by atoms with E-state index in [1.54, 1.807) is 19.2 Å². The lowest BCUT2D eigenvalue weighted by Gasteiger charge is -2.09. The predicted octanol–water partition coefficient (Wildman–Crippen LogP) is 3.37. The van der Waals surface area contributed by atoms with Crippen LogP contribution in [0, 0.1) is 6.92 Å². The number of methoxy groups -OCH3 is 1. The van der Waals surface area contributed by atoms with Crippen LogP contribution in [0.2, 0.25) is 0 Å². The van der Waals surface area contributed by atoms with Crippen molar-refractivity contribution in [1.82, 2.24) is 5.32 Å². The third-order valence-electron chi connectivity index (χ3n) is 3.57. The van der Waals surface area contributed by atoms with Gasteiger partial charge < -0.3 is 15.8 Å². The molecule has 0 unspecified atom stereocenters. The fourth-order valence-corrected chi connectivity index (χ4v) is 2.30. The Morgan fingerprint density at radius 2 is 2.00 bits per heavy atom. The van der Waals surface area contributed by atoms with E-state index in [4.69, 9.17) is 10.5 Å². The highest BCUT2D eigenvalue weighted by Crippen LogP contribution is 2.14. The largest absolute Gasteiger partial charge is 0.497 e. The first kappa shape index (κ1) is 18.8. The molecule has 0 spiro atoms. The predicted molar refractivity (Wildman–Crippen MR) is 96.5 cm³/mol. The minimum atomic E-state index is -0.0737. The molecule has 0 atom stereocenters. The Morgan fingerprint density at radius 1 is 1.22 bits per heavy atom. The Hall–Kier alpha value is -2.20. The van der Waals surface area contributed by atoms with Crippen molar-refractivity contribution in [2.75, 3.05) is 19.4 Å². The van der Waals surface area contributed by atoms with E-state index in [1.807, 2.05) is 31.2 Å². The maximum atomic E-state index is 12.1. The number of aryl methyl sites for hydroxylation is 2. The summed E-state index contributed by atoms with van der Waals surface area (Å²) in [5.41, 5.74) is 9.11. The normalized spacial score (nSPS) is 9.83. The number of amides is 1. The number of carbonyl (C=O) groups excluding carboxylic acids is 1. The smallest absolute Gasteiger partial charge is 0.251 e. The first-order chi connectivity index (χ1) is 10.6. The van der Waals surface area contributed by atoms with Crippen molar-refractivity contribution in [2.24, 2.45) is 0 Å². The number of anilines is 1. The number of hydrogen-bond acceptors (Lipinski definition) is 3. The van der Waals surface area contributed by atoms with Gasteiger partial charge in [0.2, 0.25) is 0 Å². The SMILES string of the molecule is COc1cccc(CCCNC(=O)c2cc(N)ccc2C)c1.Cl. The molecule has 0 bridgehead atoms. The van der Waals surface area contributed by atoms with E-state index in [0.29, 0.717) is 17.8 Å². The van der Waals surface area contributed by atoms with Crippen molar-refractivity contribution >= 4 is 24.0 Å². The first-order valence-corrected chi connectivity index (χ1v) is 7.37. The standard InChI is InChI=1S/C18H22N2O2.ClH/c1-13-8-9-15(19)12-17(13)18(21)20-10-4-6-14-5-3-7-16(11-14)22-2;/h3,5,7-9,11-12H,4,6,10,19H2,1-2H3,(H,20,21);1H. The fourth-order valence-electron chi connectivity index (χ4n) is 2.30. The number of halogens is 1. The number of nitrogen functional groups attached to an aromatic ring is 1. The zero-order valence-corrected chi connectivity index (χ0v) is 14.3. The van der Waals surface area contributed by atoms with E-state index in [-0.39, 0.29) is 18.3 Å². The van der Waals surface area contributed by atoms with Gasteiger partial charge in [-0.3, -0.25) is 4.79 Å². The number of rotatable bonds is 6. The quantitative estimate of drug-likeness (QED) is 0.629. The van der Waals surface area contributed by atoms with Crippen LogP contribution in [0.3, 0.4) is 0 Å². The van der Waals surface area contributed by atoms with Gasteiger partial charge in [-0.25, -0.2) is 0 Å². The van der Waals surface area contributed by atoms with Crippen LogP contribution in [0.15, 0.2) is 42.5 Å². The van der Waals surface area contributed by atoms with Gasteiger partial charge in [-0.2, -0.15) is 0 Å². The summed E-state index contributed by atoms with van der Waals surface area (Å²) in [7, 11) is 1.66. The summed E-state index contributed by atoms with van der Waals surface area (Å²) in [6.07, 6.45) is 1.77. The third-order valence-corrected chi connectivity index (χ3v) is 3.57. The third kappa shape index (κ3) is 5.49. The van der Waals surface area contributed by atoms with E-state index in [1.165, 1.54) is 5.56 Å². The minimum absolute atomic E-state index is 0. The van der Waals surface area contributed by atoms with Crippen LogP contribution in [0.25, 0.3) is 0 Å². The molecule has 0 aromatic heterocycles. The molecule has 0 radical (unpaired) electrons. The van der Waals surface area contributed by atoms with Crippen molar-refractivity contribution in [3.8, 4) is 5.75 Å². The summed E-state index contributed by atoms with van der Waals surface area (Å²) in [5.74, 6) is 0.785. The second-order valence-electron chi connectivity index (χ2n) is 5.29. The number of carbonyl (C=O) groups is 1. The van der Waals surface area contributed by atoms with Gasteiger partial charge >= 0.3 is 0 Å². The van der Waals surface area contributed by atoms with Crippen LogP contribution in [0.5, 0.6) is 5.75 Å². The van der Waals surface area contributed by atoms with Gasteiger partial charge in [-0.05, 0) is 55.2 Å². The second-order valence-corrected chi connectivity index (χ2v) is 5.29. The molecule has 0 saturated carbocycles. The van der Waals surface area contributed by atoms with Crippen molar-refractivity contribution in [3.63, 3.8) is 0 Å². The number of hydrogen-bond donors (Lipinski definition) is 2. The van der Waals surface area contributed by atoms with Gasteiger partial charge in [-0.1, -0.05) is 18.2 Å². The summed E-state index contributed by atoms with van der Waals surface area (Å²) in [6, 6.07) is 13.4. The summed E-state index contributed by atoms with van der Waals surface area (Å²) in [4.78, 5) is 12.1. The zero-order chi connectivity index (χ0) is 15.9. The number of nitrogens with two attached hydrogens (primary N) is 1. The molecule has 0 aliphatic heterocycles. The summed E-state index contributed by atoms with van der Waals surface area (Å²) >= 11 is 0. The molecule has 23 heavy (non-hydrogen) atoms. The molecule has 2 aromatic carbocycles. The molecule has 2 aromatic rings. The Morgan fingerprint density at radius 3 is 2.74 bits per heavy atom. The second kappa shape index (κ2) is 9.06. The van der Waals surface area contributed by atoms with Crippen LogP contribution >= 0.6 is 12.4 Å². The average molecular weight is 335 g/mol. The van der Waals surface area contributed by atoms with Gasteiger partial charge in [0.15, 0.2) is 0 Å². The number of nitrogens with one attached hydrogen (secondary N) is 1. The van der Waals surface area contributed by atoms with E-state index in [2.05, 4.69) is 11.4 Å². The molecule has 0 aliphatic rings.